The van der Waals surface area contributed by atoms with E-state index in [1.54, 1.807) is 6.20 Å². The highest BCUT2D eigenvalue weighted by Crippen LogP contribution is 2.29. The van der Waals surface area contributed by atoms with Gasteiger partial charge in [-0.05, 0) is 36.5 Å². The molecule has 0 bridgehead atoms. The third kappa shape index (κ3) is 3.59. The Hall–Kier alpha value is -2.63. The molecule has 2 heterocycles. The second-order valence-corrected chi connectivity index (χ2v) is 5.64. The van der Waals surface area contributed by atoms with Crippen molar-refractivity contribution in [3.8, 4) is 0 Å². The highest BCUT2D eigenvalue weighted by Gasteiger charge is 2.27. The van der Waals surface area contributed by atoms with Crippen molar-refractivity contribution in [1.29, 1.82) is 0 Å². The van der Waals surface area contributed by atoms with Gasteiger partial charge in [0.25, 0.3) is 5.91 Å². The molecule has 0 aliphatic carbocycles. The van der Waals surface area contributed by atoms with Crippen molar-refractivity contribution in [3.05, 3.63) is 48.0 Å². The number of aromatic nitrogens is 2. The molecule has 1 aliphatic heterocycles. The molecule has 1 amide bonds. The van der Waals surface area contributed by atoms with Crippen LogP contribution in [0.15, 0.2) is 36.9 Å². The number of anilines is 1. The second kappa shape index (κ2) is 6.64. The van der Waals surface area contributed by atoms with Gasteiger partial charge >= 0.3 is 5.97 Å². The van der Waals surface area contributed by atoms with Crippen LogP contribution in [0.1, 0.15) is 30.9 Å². The summed E-state index contributed by atoms with van der Waals surface area (Å²) in [6.45, 7) is 2.22. The van der Waals surface area contributed by atoms with Crippen molar-refractivity contribution in [2.45, 2.75) is 39.2 Å². The first-order chi connectivity index (χ1) is 11.1. The van der Waals surface area contributed by atoms with Gasteiger partial charge in [0, 0.05) is 32.3 Å². The van der Waals surface area contributed by atoms with Crippen LogP contribution in [0.2, 0.25) is 0 Å². The SMILES string of the molecule is CC(=O)ON1C(=O)CCc2cc(CCCn3ccnc3)ccc21. The predicted molar refractivity (Wildman–Crippen MR) is 84.6 cm³/mol. The lowest BCUT2D eigenvalue weighted by molar-refractivity contribution is -0.148. The minimum Gasteiger partial charge on any atom is -0.337 e. The summed E-state index contributed by atoms with van der Waals surface area (Å²) in [5.41, 5.74) is 2.95. The van der Waals surface area contributed by atoms with E-state index < -0.39 is 5.97 Å². The Kier molecular flexibility index (Phi) is 4.41. The number of hydrogen-bond acceptors (Lipinski definition) is 4. The van der Waals surface area contributed by atoms with Crippen LogP contribution in [-0.2, 0) is 33.8 Å². The van der Waals surface area contributed by atoms with Crippen LogP contribution in [0, 0.1) is 0 Å². The van der Waals surface area contributed by atoms with E-state index in [0.29, 0.717) is 18.5 Å². The number of hydroxylamine groups is 1. The Morgan fingerprint density at radius 1 is 1.35 bits per heavy atom. The van der Waals surface area contributed by atoms with Crippen LogP contribution in [0.4, 0.5) is 5.69 Å². The lowest BCUT2D eigenvalue weighted by atomic mass is 9.98. The zero-order valence-electron chi connectivity index (χ0n) is 13.1. The molecule has 1 aromatic carbocycles. The van der Waals surface area contributed by atoms with Gasteiger partial charge in [0.1, 0.15) is 0 Å². The molecule has 0 N–H and O–H groups in total. The van der Waals surface area contributed by atoms with Gasteiger partial charge in [0.05, 0.1) is 12.0 Å². The highest BCUT2D eigenvalue weighted by molar-refractivity contribution is 5.96. The Morgan fingerprint density at radius 3 is 2.96 bits per heavy atom. The predicted octanol–water partition coefficient (Wildman–Crippen LogP) is 2.27. The minimum atomic E-state index is -0.490. The van der Waals surface area contributed by atoms with Gasteiger partial charge in [0.15, 0.2) is 0 Å². The first-order valence-corrected chi connectivity index (χ1v) is 7.72. The van der Waals surface area contributed by atoms with Gasteiger partial charge in [-0.15, -0.1) is 5.06 Å². The number of hydrogen-bond donors (Lipinski definition) is 0. The summed E-state index contributed by atoms with van der Waals surface area (Å²) in [5, 5.41) is 1.12. The van der Waals surface area contributed by atoms with Gasteiger partial charge in [-0.1, -0.05) is 12.1 Å². The normalized spacial score (nSPS) is 13.8. The monoisotopic (exact) mass is 313 g/mol. The molecule has 0 unspecified atom stereocenters. The highest BCUT2D eigenvalue weighted by atomic mass is 16.7. The topological polar surface area (TPSA) is 64.4 Å². The maximum Gasteiger partial charge on any atom is 0.330 e. The van der Waals surface area contributed by atoms with E-state index in [-0.39, 0.29) is 5.91 Å². The fourth-order valence-electron chi connectivity index (χ4n) is 2.78. The van der Waals surface area contributed by atoms with Crippen molar-refractivity contribution >= 4 is 17.6 Å². The van der Waals surface area contributed by atoms with E-state index in [0.717, 1.165) is 30.0 Å². The van der Waals surface area contributed by atoms with E-state index in [1.807, 2.05) is 24.7 Å². The fraction of sp³-hybridized carbons (Fsp3) is 0.353. The standard InChI is InChI=1S/C17H19N3O3/c1-13(21)23-20-16-6-4-14(11-15(16)5-7-17(20)22)3-2-9-19-10-8-18-12-19/h4,6,8,10-12H,2-3,5,7,9H2,1H3. The summed E-state index contributed by atoms with van der Waals surface area (Å²) in [6.07, 6.45) is 8.55. The number of imidazole rings is 1. The molecule has 0 saturated heterocycles. The molecule has 0 spiro atoms. The number of amides is 1. The Labute approximate surface area is 134 Å². The number of benzene rings is 1. The molecule has 0 saturated carbocycles. The molecule has 3 rings (SSSR count). The smallest absolute Gasteiger partial charge is 0.330 e. The van der Waals surface area contributed by atoms with Crippen LogP contribution in [0.3, 0.4) is 0 Å². The van der Waals surface area contributed by atoms with Crippen LogP contribution in [0.25, 0.3) is 0 Å². The van der Waals surface area contributed by atoms with Crippen molar-refractivity contribution < 1.29 is 14.4 Å². The van der Waals surface area contributed by atoms with Crippen molar-refractivity contribution in [1.82, 2.24) is 9.55 Å². The molecule has 1 aliphatic rings. The van der Waals surface area contributed by atoms with E-state index in [9.17, 15) is 9.59 Å². The van der Waals surface area contributed by atoms with Gasteiger partial charge in [-0.25, -0.2) is 9.78 Å². The summed E-state index contributed by atoms with van der Waals surface area (Å²) in [6, 6.07) is 5.95. The van der Waals surface area contributed by atoms with E-state index in [2.05, 4.69) is 15.6 Å². The summed E-state index contributed by atoms with van der Waals surface area (Å²) < 4.78 is 2.06. The summed E-state index contributed by atoms with van der Waals surface area (Å²) in [5.74, 6) is -0.670. The molecule has 23 heavy (non-hydrogen) atoms. The summed E-state index contributed by atoms with van der Waals surface area (Å²) in [7, 11) is 0. The molecule has 1 aromatic heterocycles. The number of carbonyl (C=O) groups excluding carboxylic acids is 2. The van der Waals surface area contributed by atoms with Crippen LogP contribution in [-0.4, -0.2) is 21.4 Å². The molecule has 6 nitrogen and oxygen atoms in total. The lowest BCUT2D eigenvalue weighted by Gasteiger charge is -2.27. The van der Waals surface area contributed by atoms with Gasteiger partial charge in [-0.2, -0.15) is 0 Å². The lowest BCUT2D eigenvalue weighted by Crippen LogP contribution is -2.36. The quantitative estimate of drug-likeness (QED) is 0.849. The van der Waals surface area contributed by atoms with E-state index >= 15 is 0 Å². The molecule has 0 radical (unpaired) electrons. The molecule has 2 aromatic rings. The molecule has 120 valence electrons. The number of carbonyl (C=O) groups is 2. The maximum atomic E-state index is 11.9. The molecule has 0 fully saturated rings. The third-order valence-electron chi connectivity index (χ3n) is 3.86. The summed E-state index contributed by atoms with van der Waals surface area (Å²) >= 11 is 0. The van der Waals surface area contributed by atoms with Crippen LogP contribution in [0.5, 0.6) is 0 Å². The Bertz CT molecular complexity index is 710. The fourth-order valence-corrected chi connectivity index (χ4v) is 2.78. The van der Waals surface area contributed by atoms with Gasteiger partial charge < -0.3 is 9.40 Å². The zero-order valence-corrected chi connectivity index (χ0v) is 13.1. The van der Waals surface area contributed by atoms with Crippen LogP contribution >= 0.6 is 0 Å². The first-order valence-electron chi connectivity index (χ1n) is 7.72. The number of nitrogens with zero attached hydrogens (tertiary/aromatic N) is 3. The van der Waals surface area contributed by atoms with Gasteiger partial charge in [-0.3, -0.25) is 4.79 Å². The molecular formula is C17H19N3O3. The van der Waals surface area contributed by atoms with Crippen molar-refractivity contribution in [2.75, 3.05) is 5.06 Å². The Morgan fingerprint density at radius 2 is 2.22 bits per heavy atom. The minimum absolute atomic E-state index is 0.180. The average molecular weight is 313 g/mol. The van der Waals surface area contributed by atoms with E-state index in [4.69, 9.17) is 4.84 Å². The van der Waals surface area contributed by atoms with E-state index in [1.165, 1.54) is 12.5 Å². The molecular weight excluding hydrogens is 294 g/mol. The second-order valence-electron chi connectivity index (χ2n) is 5.64. The average Bonchev–Trinajstić information content (AvgIpc) is 3.03. The van der Waals surface area contributed by atoms with Crippen LogP contribution < -0.4 is 5.06 Å². The number of fused-ring (bicyclic) bond motifs is 1. The first kappa shape index (κ1) is 15.3. The number of rotatable bonds is 5. The summed E-state index contributed by atoms with van der Waals surface area (Å²) in [4.78, 5) is 32.1. The number of aryl methyl sites for hydroxylation is 3. The Balaban J connectivity index is 1.69. The molecule has 6 heteroatoms. The largest absolute Gasteiger partial charge is 0.337 e. The molecule has 0 atom stereocenters. The zero-order chi connectivity index (χ0) is 16.2. The third-order valence-corrected chi connectivity index (χ3v) is 3.86. The van der Waals surface area contributed by atoms with Gasteiger partial charge in [0.2, 0.25) is 0 Å². The van der Waals surface area contributed by atoms with Crippen molar-refractivity contribution in [3.63, 3.8) is 0 Å². The van der Waals surface area contributed by atoms with Crippen molar-refractivity contribution in [2.24, 2.45) is 0 Å². The maximum absolute atomic E-state index is 11.9.